The first-order valence-electron chi connectivity index (χ1n) is 6.27. The number of halogens is 3. The van der Waals surface area contributed by atoms with Gasteiger partial charge >= 0.3 is 6.36 Å². The third kappa shape index (κ3) is 2.78. The maximum absolute atomic E-state index is 12.3. The molecule has 7 heteroatoms. The van der Waals surface area contributed by atoms with Crippen LogP contribution in [-0.4, -0.2) is 15.9 Å². The van der Waals surface area contributed by atoms with E-state index in [9.17, 15) is 18.0 Å². The van der Waals surface area contributed by atoms with Crippen LogP contribution >= 0.6 is 0 Å². The van der Waals surface area contributed by atoms with E-state index in [-0.39, 0.29) is 5.69 Å². The predicted octanol–water partition coefficient (Wildman–Crippen LogP) is 3.28. The van der Waals surface area contributed by atoms with E-state index >= 15 is 0 Å². The van der Waals surface area contributed by atoms with E-state index < -0.39 is 17.7 Å². The van der Waals surface area contributed by atoms with Gasteiger partial charge in [0.15, 0.2) is 0 Å². The third-order valence-electron chi connectivity index (χ3n) is 2.96. The molecule has 3 aromatic rings. The van der Waals surface area contributed by atoms with Crippen molar-refractivity contribution in [3.05, 3.63) is 65.1 Å². The Morgan fingerprint density at radius 2 is 1.86 bits per heavy atom. The molecule has 0 amide bonds. The van der Waals surface area contributed by atoms with Crippen LogP contribution in [-0.2, 0) is 0 Å². The van der Waals surface area contributed by atoms with Crippen LogP contribution in [0.4, 0.5) is 13.2 Å². The molecule has 0 aliphatic rings. The maximum Gasteiger partial charge on any atom is 0.573 e. The molecule has 22 heavy (non-hydrogen) atoms. The molecule has 3 rings (SSSR count). The summed E-state index contributed by atoms with van der Waals surface area (Å²) in [4.78, 5) is 16.2. The minimum atomic E-state index is -4.79. The number of pyridine rings is 2. The van der Waals surface area contributed by atoms with Gasteiger partial charge in [0, 0.05) is 23.7 Å². The molecule has 0 aliphatic carbocycles. The van der Waals surface area contributed by atoms with E-state index in [4.69, 9.17) is 0 Å². The number of ether oxygens (including phenoxy) is 1. The van der Waals surface area contributed by atoms with Crippen LogP contribution in [0.15, 0.2) is 59.5 Å². The Kier molecular flexibility index (Phi) is 3.32. The highest BCUT2D eigenvalue weighted by atomic mass is 19.4. The van der Waals surface area contributed by atoms with Gasteiger partial charge < -0.3 is 4.74 Å². The molecule has 1 aromatic carbocycles. The zero-order valence-corrected chi connectivity index (χ0v) is 11.0. The van der Waals surface area contributed by atoms with Crippen molar-refractivity contribution < 1.29 is 17.9 Å². The number of rotatable bonds is 2. The van der Waals surface area contributed by atoms with Crippen LogP contribution in [0.25, 0.3) is 16.7 Å². The van der Waals surface area contributed by atoms with Crippen molar-refractivity contribution in [2.24, 2.45) is 0 Å². The molecule has 2 aromatic heterocycles. The molecular formula is C15H9F3N2O2. The predicted molar refractivity (Wildman–Crippen MR) is 74.0 cm³/mol. The molecule has 2 heterocycles. The average molecular weight is 306 g/mol. The van der Waals surface area contributed by atoms with Crippen LogP contribution in [0.1, 0.15) is 0 Å². The minimum Gasteiger partial charge on any atom is -0.406 e. The Morgan fingerprint density at radius 1 is 1.05 bits per heavy atom. The van der Waals surface area contributed by atoms with Gasteiger partial charge in [0.05, 0.1) is 5.69 Å². The van der Waals surface area contributed by atoms with Crippen molar-refractivity contribution >= 4 is 11.0 Å². The van der Waals surface area contributed by atoms with Crippen molar-refractivity contribution in [1.82, 2.24) is 9.55 Å². The van der Waals surface area contributed by atoms with Gasteiger partial charge in [-0.2, -0.15) is 0 Å². The summed E-state index contributed by atoms with van der Waals surface area (Å²) in [5.74, 6) is -0.398. The molecule has 0 saturated heterocycles. The van der Waals surface area contributed by atoms with Crippen molar-refractivity contribution in [3.8, 4) is 11.4 Å². The first kappa shape index (κ1) is 14.1. The molecule has 0 spiro atoms. The number of fused-ring (bicyclic) bond motifs is 1. The fourth-order valence-corrected chi connectivity index (χ4v) is 2.14. The lowest BCUT2D eigenvalue weighted by atomic mass is 10.2. The van der Waals surface area contributed by atoms with Gasteiger partial charge in [0.25, 0.3) is 5.56 Å². The molecule has 0 radical (unpaired) electrons. The lowest BCUT2D eigenvalue weighted by Crippen LogP contribution is -2.19. The van der Waals surface area contributed by atoms with Crippen molar-refractivity contribution in [2.45, 2.75) is 6.36 Å². The molecule has 0 atom stereocenters. The highest BCUT2D eigenvalue weighted by Gasteiger charge is 2.31. The summed E-state index contributed by atoms with van der Waals surface area (Å²) < 4.78 is 42.0. The van der Waals surface area contributed by atoms with Gasteiger partial charge in [0.1, 0.15) is 11.4 Å². The Morgan fingerprint density at radius 3 is 2.64 bits per heavy atom. The largest absolute Gasteiger partial charge is 0.573 e. The molecule has 0 aliphatic heterocycles. The normalized spacial score (nSPS) is 11.6. The SMILES string of the molecule is O=c1ccc2cccnc2n1-c1cccc(OC(F)(F)F)c1. The number of hydrogen-bond acceptors (Lipinski definition) is 3. The van der Waals surface area contributed by atoms with E-state index in [1.165, 1.54) is 35.0 Å². The summed E-state index contributed by atoms with van der Waals surface area (Å²) in [6, 6.07) is 11.6. The third-order valence-corrected chi connectivity index (χ3v) is 2.96. The van der Waals surface area contributed by atoms with E-state index in [2.05, 4.69) is 9.72 Å². The number of benzene rings is 1. The van der Waals surface area contributed by atoms with Gasteiger partial charge in [-0.3, -0.25) is 9.36 Å². The van der Waals surface area contributed by atoms with Crippen LogP contribution in [0.5, 0.6) is 5.75 Å². The zero-order valence-electron chi connectivity index (χ0n) is 11.0. The highest BCUT2D eigenvalue weighted by molar-refractivity contribution is 5.76. The first-order valence-corrected chi connectivity index (χ1v) is 6.27. The Hall–Kier alpha value is -2.83. The van der Waals surface area contributed by atoms with Gasteiger partial charge in [0.2, 0.25) is 0 Å². The summed E-state index contributed by atoms with van der Waals surface area (Å²) >= 11 is 0. The highest BCUT2D eigenvalue weighted by Crippen LogP contribution is 2.25. The summed E-state index contributed by atoms with van der Waals surface area (Å²) in [6.07, 6.45) is -3.28. The fraction of sp³-hybridized carbons (Fsp3) is 0.0667. The molecule has 0 fully saturated rings. The standard InChI is InChI=1S/C15H9F3N2O2/c16-15(17,18)22-12-5-1-4-11(9-12)20-13(21)7-6-10-3-2-8-19-14(10)20/h1-9H. The van der Waals surface area contributed by atoms with Crippen LogP contribution in [0, 0.1) is 0 Å². The molecule has 0 saturated carbocycles. The number of aromatic nitrogens is 2. The Labute approximate surface area is 122 Å². The number of nitrogens with zero attached hydrogens (tertiary/aromatic N) is 2. The second-order valence-corrected chi connectivity index (χ2v) is 4.47. The summed E-state index contributed by atoms with van der Waals surface area (Å²) in [5.41, 5.74) is 0.213. The average Bonchev–Trinajstić information content (AvgIpc) is 2.45. The van der Waals surface area contributed by atoms with Crippen molar-refractivity contribution in [2.75, 3.05) is 0 Å². The number of hydrogen-bond donors (Lipinski definition) is 0. The molecular weight excluding hydrogens is 297 g/mol. The van der Waals surface area contributed by atoms with Crippen molar-refractivity contribution in [3.63, 3.8) is 0 Å². The molecule has 0 bridgehead atoms. The van der Waals surface area contributed by atoms with Crippen LogP contribution in [0.3, 0.4) is 0 Å². The molecule has 4 nitrogen and oxygen atoms in total. The lowest BCUT2D eigenvalue weighted by Gasteiger charge is -2.12. The van der Waals surface area contributed by atoms with Gasteiger partial charge in [-0.05, 0) is 30.3 Å². The molecule has 0 unspecified atom stereocenters. The lowest BCUT2D eigenvalue weighted by molar-refractivity contribution is -0.274. The topological polar surface area (TPSA) is 44.1 Å². The van der Waals surface area contributed by atoms with Crippen LogP contribution < -0.4 is 10.3 Å². The van der Waals surface area contributed by atoms with Gasteiger partial charge in [-0.25, -0.2) is 4.98 Å². The monoisotopic (exact) mass is 306 g/mol. The Balaban J connectivity index is 2.18. The van der Waals surface area contributed by atoms with Crippen LogP contribution in [0.2, 0.25) is 0 Å². The minimum absolute atomic E-state index is 0.246. The molecule has 112 valence electrons. The summed E-state index contributed by atoms with van der Waals surface area (Å²) in [6.45, 7) is 0. The first-order chi connectivity index (χ1) is 10.4. The second-order valence-electron chi connectivity index (χ2n) is 4.47. The van der Waals surface area contributed by atoms with E-state index in [1.54, 1.807) is 18.2 Å². The quantitative estimate of drug-likeness (QED) is 0.730. The summed E-state index contributed by atoms with van der Waals surface area (Å²) in [7, 11) is 0. The second kappa shape index (κ2) is 5.18. The van der Waals surface area contributed by atoms with Crippen molar-refractivity contribution in [1.29, 1.82) is 0 Å². The zero-order chi connectivity index (χ0) is 15.7. The maximum atomic E-state index is 12.3. The van der Waals surface area contributed by atoms with E-state index in [1.807, 2.05) is 0 Å². The van der Waals surface area contributed by atoms with Gasteiger partial charge in [-0.1, -0.05) is 6.07 Å². The van der Waals surface area contributed by atoms with E-state index in [0.29, 0.717) is 11.0 Å². The van der Waals surface area contributed by atoms with E-state index in [0.717, 1.165) is 6.07 Å². The fourth-order valence-electron chi connectivity index (χ4n) is 2.14. The smallest absolute Gasteiger partial charge is 0.406 e. The molecule has 0 N–H and O–H groups in total. The Bertz CT molecular complexity index is 888. The number of alkyl halides is 3. The summed E-state index contributed by atoms with van der Waals surface area (Å²) in [5, 5.41) is 0.698. The van der Waals surface area contributed by atoms with Gasteiger partial charge in [-0.15, -0.1) is 13.2 Å².